The van der Waals surface area contributed by atoms with E-state index in [4.69, 9.17) is 16.3 Å². The van der Waals surface area contributed by atoms with E-state index in [0.29, 0.717) is 10.8 Å². The number of halogens is 1. The molecule has 23 heavy (non-hydrogen) atoms. The molecule has 1 saturated heterocycles. The molecule has 118 valence electrons. The summed E-state index contributed by atoms with van der Waals surface area (Å²) < 4.78 is 6.06. The van der Waals surface area contributed by atoms with Gasteiger partial charge in [-0.1, -0.05) is 11.6 Å². The van der Waals surface area contributed by atoms with Gasteiger partial charge < -0.3 is 9.64 Å². The molecule has 0 N–H and O–H groups in total. The maximum absolute atomic E-state index is 11.1. The summed E-state index contributed by atoms with van der Waals surface area (Å²) in [5.74, 6) is 1.86. The maximum Gasteiger partial charge on any atom is 0.269 e. The van der Waals surface area contributed by atoms with Crippen LogP contribution in [0.5, 0.6) is 11.5 Å². The van der Waals surface area contributed by atoms with Crippen molar-refractivity contribution in [3.05, 3.63) is 62.7 Å². The molecule has 2 aliphatic rings. The number of fused-ring (bicyclic) bond motifs is 5. The fraction of sp³-hybridized carbons (Fsp3) is 0.294. The Morgan fingerprint density at radius 3 is 2.39 bits per heavy atom. The van der Waals surface area contributed by atoms with Crippen LogP contribution in [0.1, 0.15) is 23.0 Å². The number of benzene rings is 2. The molecule has 0 radical (unpaired) electrons. The van der Waals surface area contributed by atoms with Gasteiger partial charge in [0.2, 0.25) is 0 Å². The highest BCUT2D eigenvalue weighted by Gasteiger charge is 2.39. The van der Waals surface area contributed by atoms with Gasteiger partial charge in [0.25, 0.3) is 5.69 Å². The van der Waals surface area contributed by atoms with Gasteiger partial charge in [-0.05, 0) is 31.3 Å². The third-order valence-electron chi connectivity index (χ3n) is 4.70. The van der Waals surface area contributed by atoms with Crippen molar-refractivity contribution >= 4 is 17.3 Å². The van der Waals surface area contributed by atoms with Crippen LogP contribution >= 0.6 is 11.6 Å². The highest BCUT2D eigenvalue weighted by atomic mass is 35.5. The Hall–Kier alpha value is -2.11. The average molecular weight is 331 g/mol. The predicted octanol–water partition coefficient (Wildman–Crippen LogP) is 4.17. The summed E-state index contributed by atoms with van der Waals surface area (Å²) in [6.07, 6.45) is 0. The number of nitrogens with zero attached hydrogens (tertiary/aromatic N) is 2. The zero-order chi connectivity index (χ0) is 16.1. The first-order chi connectivity index (χ1) is 11.0. The van der Waals surface area contributed by atoms with Crippen LogP contribution < -0.4 is 4.74 Å². The second-order valence-corrected chi connectivity index (χ2v) is 6.63. The van der Waals surface area contributed by atoms with Crippen LogP contribution in [0.3, 0.4) is 0 Å². The maximum atomic E-state index is 11.1. The summed E-state index contributed by atoms with van der Waals surface area (Å²) in [4.78, 5) is 13.0. The number of ether oxygens (including phenoxy) is 1. The molecule has 0 aliphatic carbocycles. The van der Waals surface area contributed by atoms with E-state index in [0.717, 1.165) is 30.0 Å². The molecular weight excluding hydrogens is 316 g/mol. The Balaban J connectivity index is 1.91. The van der Waals surface area contributed by atoms with E-state index in [9.17, 15) is 10.1 Å². The van der Waals surface area contributed by atoms with Crippen LogP contribution in [0.25, 0.3) is 0 Å². The average Bonchev–Trinajstić information content (AvgIpc) is 2.85. The van der Waals surface area contributed by atoms with E-state index >= 15 is 0 Å². The van der Waals surface area contributed by atoms with Crippen molar-refractivity contribution in [1.29, 1.82) is 0 Å². The highest BCUT2D eigenvalue weighted by Crippen LogP contribution is 2.50. The molecule has 0 aromatic heterocycles. The van der Waals surface area contributed by atoms with E-state index in [1.165, 1.54) is 6.07 Å². The van der Waals surface area contributed by atoms with Gasteiger partial charge in [0.1, 0.15) is 11.5 Å². The molecule has 0 amide bonds. The number of likely N-dealkylation sites (N-methyl/N-ethyl adjacent to an activating group) is 1. The van der Waals surface area contributed by atoms with Crippen molar-refractivity contribution in [2.24, 2.45) is 0 Å². The van der Waals surface area contributed by atoms with Gasteiger partial charge in [-0.2, -0.15) is 0 Å². The first kappa shape index (κ1) is 14.5. The van der Waals surface area contributed by atoms with Crippen molar-refractivity contribution in [1.82, 2.24) is 4.90 Å². The predicted molar refractivity (Wildman–Crippen MR) is 87.6 cm³/mol. The molecule has 2 heterocycles. The molecule has 2 aromatic rings. The van der Waals surface area contributed by atoms with Crippen LogP contribution in [-0.2, 0) is 0 Å². The SMILES string of the molecule is CN1C[C@H]2c3cc(Cl)ccc3Oc3ccc([N+](=O)[O-])cc3[C@@H]2C1. The molecule has 1 fully saturated rings. The Kier molecular flexibility index (Phi) is 3.28. The second kappa shape index (κ2) is 5.22. The van der Waals surface area contributed by atoms with Gasteiger partial charge in [0.05, 0.1) is 4.92 Å². The van der Waals surface area contributed by atoms with Crippen molar-refractivity contribution in [3.63, 3.8) is 0 Å². The molecule has 5 nitrogen and oxygen atoms in total. The van der Waals surface area contributed by atoms with Crippen molar-refractivity contribution in [2.75, 3.05) is 20.1 Å². The lowest BCUT2D eigenvalue weighted by Crippen LogP contribution is -2.14. The van der Waals surface area contributed by atoms with Crippen molar-refractivity contribution in [3.8, 4) is 11.5 Å². The second-order valence-electron chi connectivity index (χ2n) is 6.20. The molecule has 0 spiro atoms. The van der Waals surface area contributed by atoms with Gasteiger partial charge in [0.15, 0.2) is 0 Å². The smallest absolute Gasteiger partial charge is 0.269 e. The fourth-order valence-corrected chi connectivity index (χ4v) is 3.86. The first-order valence-electron chi connectivity index (χ1n) is 7.47. The summed E-state index contributed by atoms with van der Waals surface area (Å²) in [7, 11) is 2.07. The molecule has 0 bridgehead atoms. The Morgan fingerprint density at radius 1 is 1.13 bits per heavy atom. The molecule has 2 aliphatic heterocycles. The fourth-order valence-electron chi connectivity index (χ4n) is 3.68. The van der Waals surface area contributed by atoms with Crippen LogP contribution in [0.15, 0.2) is 36.4 Å². The number of rotatable bonds is 1. The van der Waals surface area contributed by atoms with Crippen molar-refractivity contribution in [2.45, 2.75) is 11.8 Å². The van der Waals surface area contributed by atoms with Gasteiger partial charge in [-0.3, -0.25) is 10.1 Å². The minimum Gasteiger partial charge on any atom is -0.457 e. The van der Waals surface area contributed by atoms with Crippen molar-refractivity contribution < 1.29 is 9.66 Å². The van der Waals surface area contributed by atoms with Gasteiger partial charge in [-0.15, -0.1) is 0 Å². The first-order valence-corrected chi connectivity index (χ1v) is 7.85. The highest BCUT2D eigenvalue weighted by molar-refractivity contribution is 6.30. The van der Waals surface area contributed by atoms with E-state index in [1.54, 1.807) is 12.1 Å². The Bertz CT molecular complexity index is 808. The standard InChI is InChI=1S/C17H15ClN2O3/c1-19-8-14-12-6-10(18)2-4-16(12)23-17-5-3-11(20(21)22)7-13(17)15(14)9-19/h2-7,14-15H,8-9H2,1H3/t14-,15-/m0/s1. The van der Waals surface area contributed by atoms with Crippen LogP contribution in [-0.4, -0.2) is 30.0 Å². The number of hydrogen-bond acceptors (Lipinski definition) is 4. The number of likely N-dealkylation sites (tertiary alicyclic amines) is 1. The summed E-state index contributed by atoms with van der Waals surface area (Å²) in [5.41, 5.74) is 2.08. The molecule has 0 unspecified atom stereocenters. The third-order valence-corrected chi connectivity index (χ3v) is 4.93. The minimum absolute atomic E-state index is 0.102. The van der Waals surface area contributed by atoms with Gasteiger partial charge in [-0.25, -0.2) is 0 Å². The van der Waals surface area contributed by atoms with E-state index in [-0.39, 0.29) is 22.4 Å². The summed E-state index contributed by atoms with van der Waals surface area (Å²) in [6.45, 7) is 1.72. The third kappa shape index (κ3) is 2.36. The lowest BCUT2D eigenvalue weighted by atomic mass is 9.84. The lowest BCUT2D eigenvalue weighted by molar-refractivity contribution is -0.384. The van der Waals surface area contributed by atoms with Crippen LogP contribution in [0, 0.1) is 10.1 Å². The largest absolute Gasteiger partial charge is 0.457 e. The molecule has 0 saturated carbocycles. The number of non-ortho nitro benzene ring substituents is 1. The quantitative estimate of drug-likeness (QED) is 0.581. The molecule has 2 aromatic carbocycles. The summed E-state index contributed by atoms with van der Waals surface area (Å²) >= 11 is 6.18. The normalized spacial score (nSPS) is 22.5. The molecule has 6 heteroatoms. The Labute approximate surface area is 138 Å². The summed E-state index contributed by atoms with van der Waals surface area (Å²) in [6, 6.07) is 10.5. The van der Waals surface area contributed by atoms with Crippen LogP contribution in [0.4, 0.5) is 5.69 Å². The van der Waals surface area contributed by atoms with E-state index < -0.39 is 0 Å². The molecule has 4 rings (SSSR count). The summed E-state index contributed by atoms with van der Waals surface area (Å²) in [5, 5.41) is 11.8. The molecular formula is C17H15ClN2O3. The van der Waals surface area contributed by atoms with Crippen LogP contribution in [0.2, 0.25) is 5.02 Å². The number of hydrogen-bond donors (Lipinski definition) is 0. The van der Waals surface area contributed by atoms with E-state index in [2.05, 4.69) is 11.9 Å². The van der Waals surface area contributed by atoms with Gasteiger partial charge >= 0.3 is 0 Å². The number of nitro benzene ring substituents is 1. The zero-order valence-corrected chi connectivity index (χ0v) is 13.3. The molecule has 2 atom stereocenters. The topological polar surface area (TPSA) is 55.6 Å². The minimum atomic E-state index is -0.358. The van der Waals surface area contributed by atoms with E-state index in [1.807, 2.05) is 18.2 Å². The number of nitro groups is 1. The Morgan fingerprint density at radius 2 is 1.74 bits per heavy atom. The lowest BCUT2D eigenvalue weighted by Gasteiger charge is -2.17. The van der Waals surface area contributed by atoms with Gasteiger partial charge in [0, 0.05) is 53.2 Å². The monoisotopic (exact) mass is 330 g/mol. The zero-order valence-electron chi connectivity index (χ0n) is 12.5.